The first-order valence-corrected chi connectivity index (χ1v) is 10.3. The predicted octanol–water partition coefficient (Wildman–Crippen LogP) is 3.76. The van der Waals surface area contributed by atoms with E-state index in [2.05, 4.69) is 10.9 Å². The fourth-order valence-corrected chi connectivity index (χ4v) is 2.79. The molecule has 0 saturated heterocycles. The minimum Gasteiger partial charge on any atom is -0.494 e. The van der Waals surface area contributed by atoms with E-state index >= 15 is 0 Å². The fourth-order valence-electron chi connectivity index (χ4n) is 2.53. The molecule has 8 nitrogen and oxygen atoms in total. The summed E-state index contributed by atoms with van der Waals surface area (Å²) in [6, 6.07) is 9.81. The molecular formula is C22H27ClN2O6. The van der Waals surface area contributed by atoms with Gasteiger partial charge in [0.15, 0.2) is 17.6 Å². The van der Waals surface area contributed by atoms with Crippen LogP contribution in [0.25, 0.3) is 0 Å². The van der Waals surface area contributed by atoms with Gasteiger partial charge in [-0.05, 0) is 56.7 Å². The topological polar surface area (TPSA) is 95.1 Å². The van der Waals surface area contributed by atoms with Crippen molar-refractivity contribution in [3.63, 3.8) is 0 Å². The summed E-state index contributed by atoms with van der Waals surface area (Å²) in [5.74, 6) is 0.802. The summed E-state index contributed by atoms with van der Waals surface area (Å²) in [6.07, 6.45) is -0.0498. The van der Waals surface area contributed by atoms with E-state index in [0.29, 0.717) is 36.2 Å². The Morgan fingerprint density at radius 3 is 2.32 bits per heavy atom. The maximum atomic E-state index is 12.4. The molecule has 0 spiro atoms. The molecule has 0 aliphatic rings. The Hall–Kier alpha value is -3.13. The van der Waals surface area contributed by atoms with Crippen LogP contribution in [0, 0.1) is 0 Å². The molecule has 1 unspecified atom stereocenters. The monoisotopic (exact) mass is 450 g/mol. The van der Waals surface area contributed by atoms with E-state index in [1.807, 2.05) is 13.8 Å². The number of hydrogen-bond acceptors (Lipinski definition) is 6. The van der Waals surface area contributed by atoms with Crippen LogP contribution in [0.15, 0.2) is 36.4 Å². The Kier molecular flexibility index (Phi) is 9.27. The summed E-state index contributed by atoms with van der Waals surface area (Å²) in [5.41, 5.74) is 4.87. The Morgan fingerprint density at radius 2 is 1.71 bits per heavy atom. The third-order valence-electron chi connectivity index (χ3n) is 4.06. The molecule has 0 bridgehead atoms. The van der Waals surface area contributed by atoms with Crippen molar-refractivity contribution in [3.05, 3.63) is 47.0 Å². The lowest BCUT2D eigenvalue weighted by atomic mass is 10.2. The van der Waals surface area contributed by atoms with E-state index < -0.39 is 17.9 Å². The van der Waals surface area contributed by atoms with Crippen molar-refractivity contribution >= 4 is 23.4 Å². The van der Waals surface area contributed by atoms with Crippen molar-refractivity contribution < 1.29 is 28.5 Å². The van der Waals surface area contributed by atoms with Crippen LogP contribution in [-0.4, -0.2) is 38.2 Å². The largest absolute Gasteiger partial charge is 0.494 e. The summed E-state index contributed by atoms with van der Waals surface area (Å²) in [4.78, 5) is 24.7. The minimum absolute atomic E-state index is 0.200. The van der Waals surface area contributed by atoms with Crippen LogP contribution in [-0.2, 0) is 4.79 Å². The number of benzene rings is 2. The molecular weight excluding hydrogens is 424 g/mol. The molecule has 0 aromatic heterocycles. The van der Waals surface area contributed by atoms with Gasteiger partial charge in [0, 0.05) is 5.56 Å². The minimum atomic E-state index is -0.846. The third-order valence-corrected chi connectivity index (χ3v) is 4.34. The number of carbonyl (C=O) groups is 2. The molecule has 9 heteroatoms. The first-order valence-electron chi connectivity index (χ1n) is 9.89. The lowest BCUT2D eigenvalue weighted by Crippen LogP contribution is -2.47. The van der Waals surface area contributed by atoms with Gasteiger partial charge >= 0.3 is 0 Å². The molecule has 0 fully saturated rings. The van der Waals surface area contributed by atoms with Gasteiger partial charge in [-0.15, -0.1) is 0 Å². The van der Waals surface area contributed by atoms with E-state index in [9.17, 15) is 9.59 Å². The van der Waals surface area contributed by atoms with Gasteiger partial charge < -0.3 is 18.9 Å². The zero-order chi connectivity index (χ0) is 22.8. The number of halogens is 1. The molecule has 0 aliphatic heterocycles. The second-order valence-corrected chi connectivity index (χ2v) is 6.85. The van der Waals surface area contributed by atoms with Crippen LogP contribution in [0.3, 0.4) is 0 Å². The standard InChI is InChI=1S/C22H27ClN2O6/c1-5-11-30-20-18(23)12-15(13-19(20)28-4)22(27)25-24-21(26)14(3)31-17-9-7-16(8-10-17)29-6-2/h7-10,12-14H,5-6,11H2,1-4H3,(H,24,26)(H,25,27). The normalized spacial score (nSPS) is 11.3. The van der Waals surface area contributed by atoms with E-state index in [1.165, 1.54) is 19.2 Å². The first kappa shape index (κ1) is 24.1. The summed E-state index contributed by atoms with van der Waals surface area (Å²) >= 11 is 6.23. The summed E-state index contributed by atoms with van der Waals surface area (Å²) < 4.78 is 21.8. The van der Waals surface area contributed by atoms with Gasteiger partial charge in [-0.1, -0.05) is 18.5 Å². The van der Waals surface area contributed by atoms with E-state index in [1.54, 1.807) is 31.2 Å². The van der Waals surface area contributed by atoms with Crippen LogP contribution in [0.1, 0.15) is 37.6 Å². The Bertz CT molecular complexity index is 888. The molecule has 2 N–H and O–H groups in total. The average molecular weight is 451 g/mol. The van der Waals surface area contributed by atoms with E-state index in [0.717, 1.165) is 6.42 Å². The first-order chi connectivity index (χ1) is 14.9. The van der Waals surface area contributed by atoms with Crippen molar-refractivity contribution in [2.45, 2.75) is 33.3 Å². The van der Waals surface area contributed by atoms with Crippen molar-refractivity contribution in [2.24, 2.45) is 0 Å². The fraction of sp³-hybridized carbons (Fsp3) is 0.364. The number of carbonyl (C=O) groups excluding carboxylic acids is 2. The summed E-state index contributed by atoms with van der Waals surface area (Å²) in [6.45, 7) is 6.45. The zero-order valence-electron chi connectivity index (χ0n) is 18.0. The Morgan fingerprint density at radius 1 is 1.03 bits per heavy atom. The van der Waals surface area contributed by atoms with Crippen molar-refractivity contribution in [1.82, 2.24) is 10.9 Å². The number of ether oxygens (including phenoxy) is 4. The number of rotatable bonds is 10. The van der Waals surface area contributed by atoms with Gasteiger partial charge in [0.1, 0.15) is 11.5 Å². The SMILES string of the molecule is CCCOc1c(Cl)cc(C(=O)NNC(=O)C(C)Oc2ccc(OCC)cc2)cc1OC. The van der Waals surface area contributed by atoms with Gasteiger partial charge in [0.05, 0.1) is 25.3 Å². The number of methoxy groups -OCH3 is 1. The van der Waals surface area contributed by atoms with Crippen LogP contribution >= 0.6 is 11.6 Å². The summed E-state index contributed by atoms with van der Waals surface area (Å²) in [7, 11) is 1.45. The Balaban J connectivity index is 1.94. The number of amides is 2. The molecule has 0 radical (unpaired) electrons. The summed E-state index contributed by atoms with van der Waals surface area (Å²) in [5, 5.41) is 0.233. The second kappa shape index (κ2) is 11.9. The average Bonchev–Trinajstić information content (AvgIpc) is 2.77. The molecule has 1 atom stereocenters. The van der Waals surface area contributed by atoms with Gasteiger partial charge in [0.2, 0.25) is 0 Å². The van der Waals surface area contributed by atoms with Crippen LogP contribution in [0.5, 0.6) is 23.0 Å². The van der Waals surface area contributed by atoms with Crippen LogP contribution in [0.4, 0.5) is 0 Å². The predicted molar refractivity (Wildman–Crippen MR) is 117 cm³/mol. The van der Waals surface area contributed by atoms with Crippen molar-refractivity contribution in [3.8, 4) is 23.0 Å². The highest BCUT2D eigenvalue weighted by Gasteiger charge is 2.19. The zero-order valence-corrected chi connectivity index (χ0v) is 18.7. The van der Waals surface area contributed by atoms with E-state index in [4.69, 9.17) is 30.5 Å². The lowest BCUT2D eigenvalue weighted by molar-refractivity contribution is -0.128. The second-order valence-electron chi connectivity index (χ2n) is 6.45. The maximum absolute atomic E-state index is 12.4. The number of hydrogen-bond donors (Lipinski definition) is 2. The molecule has 0 heterocycles. The molecule has 2 aromatic rings. The lowest BCUT2D eigenvalue weighted by Gasteiger charge is -2.16. The molecule has 168 valence electrons. The van der Waals surface area contributed by atoms with Gasteiger partial charge in [-0.3, -0.25) is 20.4 Å². The maximum Gasteiger partial charge on any atom is 0.279 e. The van der Waals surface area contributed by atoms with E-state index in [-0.39, 0.29) is 10.6 Å². The smallest absolute Gasteiger partial charge is 0.279 e. The molecule has 2 amide bonds. The number of nitrogens with one attached hydrogen (secondary N) is 2. The van der Waals surface area contributed by atoms with Crippen LogP contribution in [0.2, 0.25) is 5.02 Å². The van der Waals surface area contributed by atoms with Crippen LogP contribution < -0.4 is 29.8 Å². The number of hydrazine groups is 1. The molecule has 0 aliphatic carbocycles. The molecule has 0 saturated carbocycles. The van der Waals surface area contributed by atoms with Gasteiger partial charge in [0.25, 0.3) is 11.8 Å². The highest BCUT2D eigenvalue weighted by atomic mass is 35.5. The van der Waals surface area contributed by atoms with Gasteiger partial charge in [-0.2, -0.15) is 0 Å². The van der Waals surface area contributed by atoms with Crippen molar-refractivity contribution in [2.75, 3.05) is 20.3 Å². The molecule has 2 aromatic carbocycles. The molecule has 31 heavy (non-hydrogen) atoms. The van der Waals surface area contributed by atoms with Gasteiger partial charge in [-0.25, -0.2) is 0 Å². The quantitative estimate of drug-likeness (QED) is 0.535. The third kappa shape index (κ3) is 6.96. The van der Waals surface area contributed by atoms with Crippen molar-refractivity contribution in [1.29, 1.82) is 0 Å². The Labute approximate surface area is 186 Å². The molecule has 2 rings (SSSR count). The highest BCUT2D eigenvalue weighted by molar-refractivity contribution is 6.32. The highest BCUT2D eigenvalue weighted by Crippen LogP contribution is 2.36.